The molecular weight excluding hydrogens is 254 g/mol. The molecule has 1 spiro atoms. The first-order chi connectivity index (χ1) is 9.72. The normalized spacial score (nSPS) is 34.4. The van der Waals surface area contributed by atoms with Crippen LogP contribution in [0.25, 0.3) is 0 Å². The standard InChI is InChI=1S/C16H25NO3/c1-19-14-10-16(20-11-14)8-5-9-17(12-16)15(18)13-6-3-2-4-7-13/h6,14H,2-5,7-12H2,1H3/t14-,16+/m0/s1. The molecule has 4 nitrogen and oxygen atoms in total. The van der Waals surface area contributed by atoms with E-state index in [0.29, 0.717) is 6.61 Å². The predicted molar refractivity (Wildman–Crippen MR) is 76.5 cm³/mol. The number of nitrogens with zero attached hydrogens (tertiary/aromatic N) is 1. The van der Waals surface area contributed by atoms with E-state index in [1.165, 1.54) is 6.42 Å². The zero-order valence-corrected chi connectivity index (χ0v) is 12.4. The fourth-order valence-corrected chi connectivity index (χ4v) is 3.75. The number of rotatable bonds is 2. The van der Waals surface area contributed by atoms with Gasteiger partial charge in [-0.3, -0.25) is 4.79 Å². The highest BCUT2D eigenvalue weighted by Gasteiger charge is 2.44. The molecule has 2 atom stereocenters. The van der Waals surface area contributed by atoms with Crippen LogP contribution >= 0.6 is 0 Å². The molecule has 0 aromatic heterocycles. The van der Waals surface area contributed by atoms with Crippen LogP contribution in [0.4, 0.5) is 0 Å². The van der Waals surface area contributed by atoms with Gasteiger partial charge in [0.05, 0.1) is 24.9 Å². The highest BCUT2D eigenvalue weighted by molar-refractivity contribution is 5.93. The van der Waals surface area contributed by atoms with E-state index in [-0.39, 0.29) is 17.6 Å². The molecule has 0 N–H and O–H groups in total. The summed E-state index contributed by atoms with van der Waals surface area (Å²) in [6, 6.07) is 0. The molecule has 0 bridgehead atoms. The van der Waals surface area contributed by atoms with Crippen LogP contribution < -0.4 is 0 Å². The van der Waals surface area contributed by atoms with Gasteiger partial charge in [-0.05, 0) is 38.5 Å². The Bertz CT molecular complexity index is 407. The number of hydrogen-bond donors (Lipinski definition) is 0. The summed E-state index contributed by atoms with van der Waals surface area (Å²) in [4.78, 5) is 14.6. The first kappa shape index (κ1) is 14.1. The van der Waals surface area contributed by atoms with Crippen LogP contribution in [0, 0.1) is 0 Å². The number of likely N-dealkylation sites (tertiary alicyclic amines) is 1. The van der Waals surface area contributed by atoms with Gasteiger partial charge in [-0.15, -0.1) is 0 Å². The zero-order chi connectivity index (χ0) is 14.0. The maximum absolute atomic E-state index is 12.6. The van der Waals surface area contributed by atoms with Crippen LogP contribution in [-0.2, 0) is 14.3 Å². The molecular formula is C16H25NO3. The molecule has 1 aliphatic carbocycles. The largest absolute Gasteiger partial charge is 0.379 e. The quantitative estimate of drug-likeness (QED) is 0.778. The molecule has 2 fully saturated rings. The topological polar surface area (TPSA) is 38.8 Å². The van der Waals surface area contributed by atoms with Crippen molar-refractivity contribution in [3.05, 3.63) is 11.6 Å². The summed E-state index contributed by atoms with van der Waals surface area (Å²) in [7, 11) is 1.74. The molecule has 0 aromatic rings. The molecule has 3 rings (SSSR count). The van der Waals surface area contributed by atoms with Gasteiger partial charge in [0.2, 0.25) is 5.91 Å². The number of amides is 1. The van der Waals surface area contributed by atoms with Gasteiger partial charge < -0.3 is 14.4 Å². The monoisotopic (exact) mass is 279 g/mol. The molecule has 2 aliphatic heterocycles. The highest BCUT2D eigenvalue weighted by atomic mass is 16.6. The Balaban J connectivity index is 1.66. The van der Waals surface area contributed by atoms with Crippen molar-refractivity contribution >= 4 is 5.91 Å². The van der Waals surface area contributed by atoms with Crippen molar-refractivity contribution in [3.8, 4) is 0 Å². The Morgan fingerprint density at radius 2 is 2.35 bits per heavy atom. The Kier molecular flexibility index (Phi) is 4.13. The number of carbonyl (C=O) groups is 1. The van der Waals surface area contributed by atoms with Crippen molar-refractivity contribution in [2.45, 2.75) is 56.7 Å². The van der Waals surface area contributed by atoms with Gasteiger partial charge in [-0.25, -0.2) is 0 Å². The van der Waals surface area contributed by atoms with Crippen molar-refractivity contribution in [2.75, 3.05) is 26.8 Å². The van der Waals surface area contributed by atoms with Crippen molar-refractivity contribution < 1.29 is 14.3 Å². The smallest absolute Gasteiger partial charge is 0.249 e. The summed E-state index contributed by atoms with van der Waals surface area (Å²) >= 11 is 0. The van der Waals surface area contributed by atoms with Crippen LogP contribution in [0.15, 0.2) is 11.6 Å². The minimum atomic E-state index is -0.149. The van der Waals surface area contributed by atoms with E-state index >= 15 is 0 Å². The van der Waals surface area contributed by atoms with Gasteiger partial charge in [0.1, 0.15) is 0 Å². The molecule has 0 aromatic carbocycles. The SMILES string of the molecule is CO[C@@H]1CO[C@]2(CCCN(C(=O)C3=CCCCC3)C2)C1. The summed E-state index contributed by atoms with van der Waals surface area (Å²) in [5.74, 6) is 0.244. The molecule has 4 heteroatoms. The summed E-state index contributed by atoms with van der Waals surface area (Å²) in [6.07, 6.45) is 9.72. The number of methoxy groups -OCH3 is 1. The average molecular weight is 279 g/mol. The summed E-state index contributed by atoms with van der Waals surface area (Å²) in [5.41, 5.74) is 0.874. The fourth-order valence-electron chi connectivity index (χ4n) is 3.75. The van der Waals surface area contributed by atoms with Gasteiger partial charge in [-0.1, -0.05) is 6.08 Å². The molecule has 20 heavy (non-hydrogen) atoms. The van der Waals surface area contributed by atoms with Crippen molar-refractivity contribution in [2.24, 2.45) is 0 Å². The second-order valence-electron chi connectivity index (χ2n) is 6.36. The Labute approximate surface area is 121 Å². The maximum atomic E-state index is 12.6. The van der Waals surface area contributed by atoms with E-state index in [2.05, 4.69) is 6.08 Å². The molecule has 1 amide bonds. The molecule has 0 radical (unpaired) electrons. The molecule has 112 valence electrons. The van der Waals surface area contributed by atoms with Crippen molar-refractivity contribution in [3.63, 3.8) is 0 Å². The lowest BCUT2D eigenvalue weighted by Gasteiger charge is -2.40. The van der Waals surface area contributed by atoms with E-state index in [4.69, 9.17) is 9.47 Å². The molecule has 3 aliphatic rings. The third-order valence-electron chi connectivity index (χ3n) is 4.90. The van der Waals surface area contributed by atoms with Crippen LogP contribution in [-0.4, -0.2) is 49.3 Å². The third-order valence-corrected chi connectivity index (χ3v) is 4.90. The molecule has 0 unspecified atom stereocenters. The van der Waals surface area contributed by atoms with Gasteiger partial charge in [0.15, 0.2) is 0 Å². The van der Waals surface area contributed by atoms with E-state index in [0.717, 1.165) is 57.2 Å². The number of piperidine rings is 1. The van der Waals surface area contributed by atoms with Crippen LogP contribution in [0.5, 0.6) is 0 Å². The van der Waals surface area contributed by atoms with Crippen molar-refractivity contribution in [1.29, 1.82) is 0 Å². The Hall–Kier alpha value is -0.870. The van der Waals surface area contributed by atoms with E-state index in [9.17, 15) is 4.79 Å². The summed E-state index contributed by atoms with van der Waals surface area (Å²) in [5, 5.41) is 0. The van der Waals surface area contributed by atoms with Crippen molar-refractivity contribution in [1.82, 2.24) is 4.90 Å². The van der Waals surface area contributed by atoms with Crippen LogP contribution in [0.1, 0.15) is 44.9 Å². The van der Waals surface area contributed by atoms with Crippen LogP contribution in [0.2, 0.25) is 0 Å². The first-order valence-corrected chi connectivity index (χ1v) is 7.87. The highest BCUT2D eigenvalue weighted by Crippen LogP contribution is 2.36. The lowest BCUT2D eigenvalue weighted by molar-refractivity contribution is -0.135. The summed E-state index contributed by atoms with van der Waals surface area (Å²) < 4.78 is 11.4. The van der Waals surface area contributed by atoms with E-state index < -0.39 is 0 Å². The minimum absolute atomic E-state index is 0.149. The summed E-state index contributed by atoms with van der Waals surface area (Å²) in [6.45, 7) is 2.28. The van der Waals surface area contributed by atoms with Gasteiger partial charge in [0.25, 0.3) is 0 Å². The first-order valence-electron chi connectivity index (χ1n) is 7.87. The lowest BCUT2D eigenvalue weighted by atomic mass is 9.88. The van der Waals surface area contributed by atoms with E-state index in [1.807, 2.05) is 4.90 Å². The maximum Gasteiger partial charge on any atom is 0.249 e. The average Bonchev–Trinajstić information content (AvgIpc) is 2.90. The molecule has 2 heterocycles. The fraction of sp³-hybridized carbons (Fsp3) is 0.812. The Morgan fingerprint density at radius 3 is 3.05 bits per heavy atom. The van der Waals surface area contributed by atoms with Crippen LogP contribution in [0.3, 0.4) is 0 Å². The van der Waals surface area contributed by atoms with Gasteiger partial charge in [-0.2, -0.15) is 0 Å². The molecule has 2 saturated heterocycles. The lowest BCUT2D eigenvalue weighted by Crippen LogP contribution is -2.50. The second-order valence-corrected chi connectivity index (χ2v) is 6.36. The predicted octanol–water partition coefficient (Wildman–Crippen LogP) is 2.28. The number of carbonyl (C=O) groups excluding carboxylic acids is 1. The second kappa shape index (κ2) is 5.86. The molecule has 0 saturated carbocycles. The number of allylic oxidation sites excluding steroid dienone is 1. The third kappa shape index (κ3) is 2.77. The number of ether oxygens (including phenoxy) is 2. The van der Waals surface area contributed by atoms with Gasteiger partial charge in [0, 0.05) is 25.6 Å². The zero-order valence-electron chi connectivity index (χ0n) is 12.4. The Morgan fingerprint density at radius 1 is 1.45 bits per heavy atom. The minimum Gasteiger partial charge on any atom is -0.379 e. The van der Waals surface area contributed by atoms with E-state index in [1.54, 1.807) is 7.11 Å². The van der Waals surface area contributed by atoms with Gasteiger partial charge >= 0.3 is 0 Å². The number of hydrogen-bond acceptors (Lipinski definition) is 3.